The van der Waals surface area contributed by atoms with Crippen molar-refractivity contribution in [3.63, 3.8) is 0 Å². The molecule has 0 spiro atoms. The summed E-state index contributed by atoms with van der Waals surface area (Å²) >= 11 is 0. The number of unbranched alkanes of at least 4 members (excludes halogenated alkanes) is 3. The van der Waals surface area contributed by atoms with Gasteiger partial charge in [0, 0.05) is 0 Å². The summed E-state index contributed by atoms with van der Waals surface area (Å²) in [5.41, 5.74) is -0.937. The SMILES string of the molecule is O=C(O)C1(CCCCCCC2(C(=O)O)CCCCC2)CCCCC1. The lowest BCUT2D eigenvalue weighted by molar-refractivity contribution is -0.152. The highest BCUT2D eigenvalue weighted by Crippen LogP contribution is 2.42. The first kappa shape index (κ1) is 19.3. The van der Waals surface area contributed by atoms with Crippen LogP contribution in [-0.4, -0.2) is 22.2 Å². The third-order valence-corrected chi connectivity index (χ3v) is 6.59. The lowest BCUT2D eigenvalue weighted by Crippen LogP contribution is -2.33. The molecule has 0 saturated heterocycles. The van der Waals surface area contributed by atoms with Crippen molar-refractivity contribution in [2.75, 3.05) is 0 Å². The summed E-state index contributed by atoms with van der Waals surface area (Å²) in [6.45, 7) is 0. The zero-order chi connectivity index (χ0) is 17.5. The van der Waals surface area contributed by atoms with Crippen molar-refractivity contribution in [1.82, 2.24) is 0 Å². The Kier molecular flexibility index (Phi) is 7.12. The molecule has 138 valence electrons. The Morgan fingerprint density at radius 2 is 0.917 bits per heavy atom. The molecule has 0 aromatic rings. The molecule has 0 amide bonds. The lowest BCUT2D eigenvalue weighted by Gasteiger charge is -2.34. The third-order valence-electron chi connectivity index (χ3n) is 6.59. The van der Waals surface area contributed by atoms with Gasteiger partial charge in [0.05, 0.1) is 10.8 Å². The van der Waals surface area contributed by atoms with Gasteiger partial charge in [0.1, 0.15) is 0 Å². The van der Waals surface area contributed by atoms with Crippen molar-refractivity contribution in [3.8, 4) is 0 Å². The Morgan fingerprint density at radius 3 is 1.21 bits per heavy atom. The molecule has 2 aliphatic carbocycles. The molecule has 24 heavy (non-hydrogen) atoms. The Labute approximate surface area is 146 Å². The highest BCUT2D eigenvalue weighted by Gasteiger charge is 2.39. The number of hydrogen-bond donors (Lipinski definition) is 2. The van der Waals surface area contributed by atoms with Crippen LogP contribution in [0.2, 0.25) is 0 Å². The minimum Gasteiger partial charge on any atom is -0.481 e. The minimum absolute atomic E-state index is 0.468. The molecule has 2 rings (SSSR count). The van der Waals surface area contributed by atoms with Gasteiger partial charge in [0.2, 0.25) is 0 Å². The van der Waals surface area contributed by atoms with Crippen LogP contribution in [0.1, 0.15) is 103 Å². The Hall–Kier alpha value is -1.06. The second kappa shape index (κ2) is 8.87. The molecular weight excluding hydrogens is 304 g/mol. The first-order valence-electron chi connectivity index (χ1n) is 9.98. The third kappa shape index (κ3) is 4.73. The van der Waals surface area contributed by atoms with Gasteiger partial charge >= 0.3 is 11.9 Å². The molecule has 4 nitrogen and oxygen atoms in total. The van der Waals surface area contributed by atoms with E-state index in [4.69, 9.17) is 0 Å². The number of carbonyl (C=O) groups is 2. The number of rotatable bonds is 9. The van der Waals surface area contributed by atoms with Crippen LogP contribution in [0, 0.1) is 10.8 Å². The normalized spacial score (nSPS) is 22.8. The fourth-order valence-electron chi connectivity index (χ4n) is 4.88. The molecule has 4 heteroatoms. The predicted molar refractivity (Wildman–Crippen MR) is 94.0 cm³/mol. The molecule has 2 N–H and O–H groups in total. The van der Waals surface area contributed by atoms with Crippen LogP contribution in [0.5, 0.6) is 0 Å². The summed E-state index contributed by atoms with van der Waals surface area (Å²) in [6, 6.07) is 0. The number of hydrogen-bond acceptors (Lipinski definition) is 2. The van der Waals surface area contributed by atoms with E-state index in [1.54, 1.807) is 0 Å². The van der Waals surface area contributed by atoms with Crippen molar-refractivity contribution in [2.24, 2.45) is 10.8 Å². The van der Waals surface area contributed by atoms with Gasteiger partial charge in [0.15, 0.2) is 0 Å². The summed E-state index contributed by atoms with van der Waals surface area (Å²) < 4.78 is 0. The van der Waals surface area contributed by atoms with E-state index in [0.717, 1.165) is 89.9 Å². The van der Waals surface area contributed by atoms with E-state index in [1.165, 1.54) is 12.8 Å². The Bertz CT molecular complexity index is 377. The molecule has 0 atom stereocenters. The van der Waals surface area contributed by atoms with E-state index in [2.05, 4.69) is 0 Å². The van der Waals surface area contributed by atoms with E-state index in [-0.39, 0.29) is 0 Å². The molecule has 0 unspecified atom stereocenters. The molecular formula is C20H34O4. The van der Waals surface area contributed by atoms with Crippen molar-refractivity contribution in [3.05, 3.63) is 0 Å². The quantitative estimate of drug-likeness (QED) is 0.552. The van der Waals surface area contributed by atoms with Crippen LogP contribution in [-0.2, 0) is 9.59 Å². The van der Waals surface area contributed by atoms with Crippen LogP contribution in [0.15, 0.2) is 0 Å². The van der Waals surface area contributed by atoms with Crippen LogP contribution < -0.4 is 0 Å². The summed E-state index contributed by atoms with van der Waals surface area (Å²) in [7, 11) is 0. The number of aliphatic carboxylic acids is 2. The highest BCUT2D eigenvalue weighted by molar-refractivity contribution is 5.75. The second-order valence-corrected chi connectivity index (χ2v) is 8.21. The zero-order valence-electron chi connectivity index (χ0n) is 15.0. The van der Waals surface area contributed by atoms with Gasteiger partial charge in [-0.2, -0.15) is 0 Å². The van der Waals surface area contributed by atoms with E-state index in [0.29, 0.717) is 0 Å². The van der Waals surface area contributed by atoms with Crippen LogP contribution >= 0.6 is 0 Å². The fourth-order valence-corrected chi connectivity index (χ4v) is 4.88. The molecule has 2 fully saturated rings. The van der Waals surface area contributed by atoms with Crippen LogP contribution in [0.4, 0.5) is 0 Å². The molecule has 0 aromatic heterocycles. The second-order valence-electron chi connectivity index (χ2n) is 8.21. The topological polar surface area (TPSA) is 74.6 Å². The first-order valence-corrected chi connectivity index (χ1v) is 9.98. The van der Waals surface area contributed by atoms with Gasteiger partial charge in [-0.25, -0.2) is 0 Å². The zero-order valence-corrected chi connectivity index (χ0v) is 15.0. The fraction of sp³-hybridized carbons (Fsp3) is 0.900. The number of carboxylic acid groups (broad SMARTS) is 2. The van der Waals surface area contributed by atoms with Crippen molar-refractivity contribution in [2.45, 2.75) is 103 Å². The van der Waals surface area contributed by atoms with Crippen molar-refractivity contribution in [1.29, 1.82) is 0 Å². The maximum absolute atomic E-state index is 11.7. The minimum atomic E-state index is -0.603. The smallest absolute Gasteiger partial charge is 0.309 e. The highest BCUT2D eigenvalue weighted by atomic mass is 16.4. The van der Waals surface area contributed by atoms with Gasteiger partial charge in [0.25, 0.3) is 0 Å². The Balaban J connectivity index is 1.68. The van der Waals surface area contributed by atoms with E-state index in [9.17, 15) is 19.8 Å². The summed E-state index contributed by atoms with van der Waals surface area (Å²) in [4.78, 5) is 23.3. The molecule has 2 aliphatic rings. The first-order chi connectivity index (χ1) is 11.5. The molecule has 0 bridgehead atoms. The summed E-state index contributed by atoms with van der Waals surface area (Å²) in [5.74, 6) is -1.21. The van der Waals surface area contributed by atoms with Crippen LogP contribution in [0.3, 0.4) is 0 Å². The van der Waals surface area contributed by atoms with E-state index in [1.807, 2.05) is 0 Å². The van der Waals surface area contributed by atoms with Crippen LogP contribution in [0.25, 0.3) is 0 Å². The molecule has 0 aliphatic heterocycles. The monoisotopic (exact) mass is 338 g/mol. The molecule has 2 saturated carbocycles. The van der Waals surface area contributed by atoms with Gasteiger partial charge in [-0.1, -0.05) is 64.2 Å². The van der Waals surface area contributed by atoms with Crippen molar-refractivity contribution >= 4 is 11.9 Å². The average Bonchev–Trinajstić information content (AvgIpc) is 2.59. The molecule has 0 aromatic carbocycles. The van der Waals surface area contributed by atoms with Gasteiger partial charge < -0.3 is 10.2 Å². The number of carboxylic acids is 2. The van der Waals surface area contributed by atoms with Gasteiger partial charge in [-0.15, -0.1) is 0 Å². The summed E-state index contributed by atoms with van der Waals surface area (Å²) in [6.07, 6.45) is 15.5. The van der Waals surface area contributed by atoms with Gasteiger partial charge in [-0.3, -0.25) is 9.59 Å². The average molecular weight is 338 g/mol. The van der Waals surface area contributed by atoms with Crippen molar-refractivity contribution < 1.29 is 19.8 Å². The lowest BCUT2D eigenvalue weighted by atomic mass is 9.70. The maximum atomic E-state index is 11.7. The predicted octanol–water partition coefficient (Wildman–Crippen LogP) is 5.40. The molecule has 0 heterocycles. The summed E-state index contributed by atoms with van der Waals surface area (Å²) in [5, 5.41) is 19.2. The standard InChI is InChI=1S/C20H34O4/c21-17(22)19(13-7-3-8-14-19)11-5-1-2-6-12-20(18(23)24)15-9-4-10-16-20/h1-16H2,(H,21,22)(H,23,24). The largest absolute Gasteiger partial charge is 0.481 e. The Morgan fingerprint density at radius 1 is 0.583 bits per heavy atom. The maximum Gasteiger partial charge on any atom is 0.309 e. The van der Waals surface area contributed by atoms with E-state index < -0.39 is 22.8 Å². The van der Waals surface area contributed by atoms with E-state index >= 15 is 0 Å². The van der Waals surface area contributed by atoms with Gasteiger partial charge in [-0.05, 0) is 38.5 Å². The molecule has 0 radical (unpaired) electrons.